The molecule has 9 heteroatoms. The minimum Gasteiger partial charge on any atom is -0.329 e. The highest BCUT2D eigenvalue weighted by molar-refractivity contribution is 7.89. The molecule has 1 aromatic carbocycles. The summed E-state index contributed by atoms with van der Waals surface area (Å²) in [4.78, 5) is 9.02. The van der Waals surface area contributed by atoms with Gasteiger partial charge in [-0.1, -0.05) is 19.9 Å². The van der Waals surface area contributed by atoms with E-state index in [1.807, 2.05) is 0 Å². The van der Waals surface area contributed by atoms with E-state index < -0.39 is 36.9 Å². The molecule has 0 atom stereocenters. The molecule has 0 radical (unpaired) electrons. The SMILES string of the molecule is CCC(CC)(CN)NS(=O)(=O)c1c(F)cccc1[N+](=O)[O-]. The summed E-state index contributed by atoms with van der Waals surface area (Å²) in [6.07, 6.45) is 0.753. The van der Waals surface area contributed by atoms with Gasteiger partial charge in [-0.3, -0.25) is 10.1 Å². The summed E-state index contributed by atoms with van der Waals surface area (Å²) in [6, 6.07) is 2.89. The van der Waals surface area contributed by atoms with E-state index in [2.05, 4.69) is 4.72 Å². The Bertz CT molecular complexity index is 621. The van der Waals surface area contributed by atoms with Gasteiger partial charge in [0.05, 0.1) is 4.92 Å². The Morgan fingerprint density at radius 1 is 1.38 bits per heavy atom. The van der Waals surface area contributed by atoms with Crippen molar-refractivity contribution in [2.45, 2.75) is 37.1 Å². The number of nitro benzene ring substituents is 1. The third-order valence-corrected chi connectivity index (χ3v) is 5.15. The van der Waals surface area contributed by atoms with E-state index in [0.29, 0.717) is 12.8 Å². The van der Waals surface area contributed by atoms with E-state index in [9.17, 15) is 22.9 Å². The van der Waals surface area contributed by atoms with E-state index in [-0.39, 0.29) is 6.54 Å². The summed E-state index contributed by atoms with van der Waals surface area (Å²) in [5.41, 5.74) is 3.83. The highest BCUT2D eigenvalue weighted by Crippen LogP contribution is 2.28. The van der Waals surface area contributed by atoms with Gasteiger partial charge in [-0.15, -0.1) is 0 Å². The molecule has 1 rings (SSSR count). The number of nitrogens with two attached hydrogens (primary N) is 1. The van der Waals surface area contributed by atoms with Crippen LogP contribution in [0.3, 0.4) is 0 Å². The van der Waals surface area contributed by atoms with Crippen molar-refractivity contribution >= 4 is 15.7 Å². The average molecular weight is 319 g/mol. The van der Waals surface area contributed by atoms with E-state index in [1.165, 1.54) is 0 Å². The van der Waals surface area contributed by atoms with E-state index in [4.69, 9.17) is 5.73 Å². The normalized spacial score (nSPS) is 12.4. The fraction of sp³-hybridized carbons (Fsp3) is 0.500. The van der Waals surface area contributed by atoms with Gasteiger partial charge in [0.2, 0.25) is 0 Å². The number of rotatable bonds is 7. The van der Waals surface area contributed by atoms with E-state index >= 15 is 0 Å². The topological polar surface area (TPSA) is 115 Å². The second-order valence-corrected chi connectivity index (χ2v) is 6.26. The number of benzene rings is 1. The Hall–Kier alpha value is -1.58. The molecule has 3 N–H and O–H groups in total. The van der Waals surface area contributed by atoms with Crippen LogP contribution in [0.15, 0.2) is 23.1 Å². The summed E-state index contributed by atoms with van der Waals surface area (Å²) in [6.45, 7) is 3.46. The molecule has 21 heavy (non-hydrogen) atoms. The van der Waals surface area contributed by atoms with Crippen LogP contribution in [0.4, 0.5) is 10.1 Å². The van der Waals surface area contributed by atoms with Crippen LogP contribution in [-0.4, -0.2) is 25.4 Å². The first-order valence-electron chi connectivity index (χ1n) is 6.40. The zero-order valence-corrected chi connectivity index (χ0v) is 12.6. The van der Waals surface area contributed by atoms with Gasteiger partial charge in [-0.25, -0.2) is 17.5 Å². The van der Waals surface area contributed by atoms with Crippen molar-refractivity contribution in [3.05, 3.63) is 34.1 Å². The highest BCUT2D eigenvalue weighted by atomic mass is 32.2. The van der Waals surface area contributed by atoms with Crippen molar-refractivity contribution in [1.29, 1.82) is 0 Å². The molecule has 118 valence electrons. The van der Waals surface area contributed by atoms with Crippen molar-refractivity contribution in [1.82, 2.24) is 4.72 Å². The lowest BCUT2D eigenvalue weighted by Crippen LogP contribution is -2.52. The number of hydrogen-bond donors (Lipinski definition) is 2. The lowest BCUT2D eigenvalue weighted by Gasteiger charge is -2.30. The Kier molecular flexibility index (Phi) is 5.37. The maximum atomic E-state index is 13.8. The number of sulfonamides is 1. The van der Waals surface area contributed by atoms with Crippen LogP contribution in [-0.2, 0) is 10.0 Å². The molecule has 0 aliphatic heterocycles. The summed E-state index contributed by atoms with van der Waals surface area (Å²) < 4.78 is 40.9. The van der Waals surface area contributed by atoms with Gasteiger partial charge in [0.1, 0.15) is 5.82 Å². The van der Waals surface area contributed by atoms with Gasteiger partial charge >= 0.3 is 0 Å². The fourth-order valence-electron chi connectivity index (χ4n) is 1.97. The molecule has 0 aliphatic rings. The summed E-state index contributed by atoms with van der Waals surface area (Å²) in [7, 11) is -4.41. The van der Waals surface area contributed by atoms with Crippen molar-refractivity contribution < 1.29 is 17.7 Å². The van der Waals surface area contributed by atoms with E-state index in [0.717, 1.165) is 18.2 Å². The second kappa shape index (κ2) is 6.46. The lowest BCUT2D eigenvalue weighted by atomic mass is 9.95. The molecule has 0 amide bonds. The maximum Gasteiger partial charge on any atom is 0.292 e. The van der Waals surface area contributed by atoms with Crippen molar-refractivity contribution in [3.63, 3.8) is 0 Å². The number of nitro groups is 1. The molecule has 0 saturated heterocycles. The van der Waals surface area contributed by atoms with Crippen LogP contribution >= 0.6 is 0 Å². The second-order valence-electron chi connectivity index (χ2n) is 4.64. The molecule has 1 aromatic rings. The first-order valence-corrected chi connectivity index (χ1v) is 7.88. The third-order valence-electron chi connectivity index (χ3n) is 3.51. The van der Waals surface area contributed by atoms with Gasteiger partial charge < -0.3 is 5.73 Å². The monoisotopic (exact) mass is 319 g/mol. The Labute approximate surface area is 122 Å². The van der Waals surface area contributed by atoms with Crippen LogP contribution in [0.25, 0.3) is 0 Å². The Morgan fingerprint density at radius 3 is 2.38 bits per heavy atom. The fourth-order valence-corrected chi connectivity index (χ4v) is 3.75. The van der Waals surface area contributed by atoms with Gasteiger partial charge in [-0.05, 0) is 18.9 Å². The molecule has 0 aliphatic carbocycles. The number of halogens is 1. The van der Waals surface area contributed by atoms with Crippen LogP contribution < -0.4 is 10.5 Å². The van der Waals surface area contributed by atoms with Gasteiger partial charge in [0.15, 0.2) is 4.90 Å². The predicted octanol–water partition coefficient (Wildman–Crippen LogP) is 1.53. The molecule has 7 nitrogen and oxygen atoms in total. The van der Waals surface area contributed by atoms with Gasteiger partial charge in [0, 0.05) is 18.2 Å². The van der Waals surface area contributed by atoms with E-state index in [1.54, 1.807) is 13.8 Å². The Morgan fingerprint density at radius 2 is 1.95 bits per heavy atom. The first kappa shape index (κ1) is 17.5. The molecular weight excluding hydrogens is 301 g/mol. The molecule has 0 fully saturated rings. The largest absolute Gasteiger partial charge is 0.329 e. The zero-order valence-electron chi connectivity index (χ0n) is 11.8. The predicted molar refractivity (Wildman–Crippen MR) is 75.7 cm³/mol. The molecule has 0 bridgehead atoms. The Balaban J connectivity index is 3.42. The van der Waals surface area contributed by atoms with Gasteiger partial charge in [0.25, 0.3) is 15.7 Å². The maximum absolute atomic E-state index is 13.8. The lowest BCUT2D eigenvalue weighted by molar-refractivity contribution is -0.388. The molecule has 0 unspecified atom stereocenters. The average Bonchev–Trinajstić information content (AvgIpc) is 2.44. The van der Waals surface area contributed by atoms with Crippen LogP contribution in [0.1, 0.15) is 26.7 Å². The van der Waals surface area contributed by atoms with Crippen LogP contribution in [0.5, 0.6) is 0 Å². The number of nitrogens with zero attached hydrogens (tertiary/aromatic N) is 1. The summed E-state index contributed by atoms with van der Waals surface area (Å²) >= 11 is 0. The summed E-state index contributed by atoms with van der Waals surface area (Å²) in [5.74, 6) is -1.17. The molecule has 0 saturated carbocycles. The number of nitrogens with one attached hydrogen (secondary N) is 1. The van der Waals surface area contributed by atoms with Gasteiger partial charge in [-0.2, -0.15) is 0 Å². The molecular formula is C12H18FN3O4S. The summed E-state index contributed by atoms with van der Waals surface area (Å²) in [5, 5.41) is 10.9. The number of hydrogen-bond acceptors (Lipinski definition) is 5. The van der Waals surface area contributed by atoms with Crippen molar-refractivity contribution in [3.8, 4) is 0 Å². The van der Waals surface area contributed by atoms with Crippen LogP contribution in [0.2, 0.25) is 0 Å². The first-order chi connectivity index (χ1) is 9.73. The van der Waals surface area contributed by atoms with Crippen LogP contribution in [0, 0.1) is 15.9 Å². The minimum absolute atomic E-state index is 0.00147. The smallest absolute Gasteiger partial charge is 0.292 e. The molecule has 0 spiro atoms. The third kappa shape index (κ3) is 3.55. The molecule has 0 heterocycles. The standard InChI is InChI=1S/C12H18FN3O4S/c1-3-12(4-2,8-14)15-21(19,20)11-9(13)6-5-7-10(11)16(17)18/h5-7,15H,3-4,8,14H2,1-2H3. The highest BCUT2D eigenvalue weighted by Gasteiger charge is 2.36. The van der Waals surface area contributed by atoms with Crippen molar-refractivity contribution in [2.75, 3.05) is 6.54 Å². The molecule has 0 aromatic heterocycles. The quantitative estimate of drug-likeness (QED) is 0.584. The zero-order chi connectivity index (χ0) is 16.3. The minimum atomic E-state index is -4.41. The van der Waals surface area contributed by atoms with Crippen molar-refractivity contribution in [2.24, 2.45) is 5.73 Å².